The highest BCUT2D eigenvalue weighted by Crippen LogP contribution is 2.44. The molecule has 2 aromatic rings. The molecule has 4 heteroatoms. The van der Waals surface area contributed by atoms with Crippen LogP contribution in [0.1, 0.15) is 34.4 Å². The molecule has 2 atom stereocenters. The molecular weight excluding hydrogens is 290 g/mol. The molecule has 1 aromatic carbocycles. The van der Waals surface area contributed by atoms with Crippen molar-refractivity contribution in [3.63, 3.8) is 0 Å². The van der Waals surface area contributed by atoms with Gasteiger partial charge in [-0.2, -0.15) is 0 Å². The van der Waals surface area contributed by atoms with E-state index in [0.29, 0.717) is 5.92 Å². The number of para-hydroxylation sites is 1. The van der Waals surface area contributed by atoms with Gasteiger partial charge in [-0.3, -0.25) is 0 Å². The smallest absolute Gasteiger partial charge is 0.122 e. The molecule has 0 radical (unpaired) electrons. The monoisotopic (exact) mass is 307 g/mol. The number of hydrogen-bond donors (Lipinski definition) is 1. The van der Waals surface area contributed by atoms with E-state index in [9.17, 15) is 0 Å². The average molecular weight is 308 g/mol. The number of nitrogens with one attached hydrogen (secondary N) is 1. The maximum Gasteiger partial charge on any atom is 0.122 e. The molecule has 0 fully saturated rings. The molecule has 0 saturated carbocycles. The van der Waals surface area contributed by atoms with Crippen LogP contribution in [0.3, 0.4) is 0 Å². The number of rotatable bonds is 3. The SMILES string of the molecule is CNC(c1cc(C)c(Cl)s1)C1CCOc2ccccc21. The van der Waals surface area contributed by atoms with Gasteiger partial charge in [0.2, 0.25) is 0 Å². The molecule has 0 spiro atoms. The molecule has 2 heterocycles. The first kappa shape index (κ1) is 13.9. The van der Waals surface area contributed by atoms with Gasteiger partial charge in [0.1, 0.15) is 5.75 Å². The minimum atomic E-state index is 0.288. The van der Waals surface area contributed by atoms with Crippen LogP contribution in [0.4, 0.5) is 0 Å². The summed E-state index contributed by atoms with van der Waals surface area (Å²) in [6, 6.07) is 10.8. The third-order valence-corrected chi connectivity index (χ3v) is 5.54. The van der Waals surface area contributed by atoms with Crippen LogP contribution in [-0.2, 0) is 0 Å². The van der Waals surface area contributed by atoms with Gasteiger partial charge in [0.05, 0.1) is 10.9 Å². The Bertz CT molecular complexity index is 591. The van der Waals surface area contributed by atoms with Gasteiger partial charge in [-0.1, -0.05) is 29.8 Å². The van der Waals surface area contributed by atoms with Crippen molar-refractivity contribution in [2.24, 2.45) is 0 Å². The van der Waals surface area contributed by atoms with E-state index in [2.05, 4.69) is 36.5 Å². The first-order valence-corrected chi connectivity index (χ1v) is 8.05. The van der Waals surface area contributed by atoms with Crippen LogP contribution in [0.25, 0.3) is 0 Å². The van der Waals surface area contributed by atoms with Crippen molar-refractivity contribution in [3.8, 4) is 5.75 Å². The summed E-state index contributed by atoms with van der Waals surface area (Å²) in [4.78, 5) is 1.30. The van der Waals surface area contributed by atoms with Crippen molar-refractivity contribution in [2.75, 3.05) is 13.7 Å². The van der Waals surface area contributed by atoms with Crippen molar-refractivity contribution >= 4 is 22.9 Å². The Morgan fingerprint density at radius 2 is 2.20 bits per heavy atom. The molecule has 1 N–H and O–H groups in total. The minimum absolute atomic E-state index is 0.288. The quantitative estimate of drug-likeness (QED) is 0.899. The largest absolute Gasteiger partial charge is 0.493 e. The Kier molecular flexibility index (Phi) is 4.01. The molecule has 1 aliphatic heterocycles. The fraction of sp³-hybridized carbons (Fsp3) is 0.375. The van der Waals surface area contributed by atoms with Crippen molar-refractivity contribution < 1.29 is 4.74 Å². The van der Waals surface area contributed by atoms with Crippen LogP contribution in [0, 0.1) is 6.92 Å². The van der Waals surface area contributed by atoms with Gasteiger partial charge in [-0.25, -0.2) is 0 Å². The molecule has 3 rings (SSSR count). The van der Waals surface area contributed by atoms with E-state index in [-0.39, 0.29) is 6.04 Å². The number of likely N-dealkylation sites (N-methyl/N-ethyl adjacent to an activating group) is 1. The zero-order chi connectivity index (χ0) is 14.1. The van der Waals surface area contributed by atoms with E-state index in [0.717, 1.165) is 28.7 Å². The molecular formula is C16H18ClNOS. The summed E-state index contributed by atoms with van der Waals surface area (Å²) in [5.41, 5.74) is 2.45. The number of aryl methyl sites for hydroxylation is 1. The van der Waals surface area contributed by atoms with Crippen LogP contribution in [0.5, 0.6) is 5.75 Å². The number of halogens is 1. The zero-order valence-electron chi connectivity index (χ0n) is 11.7. The average Bonchev–Trinajstić information content (AvgIpc) is 2.79. The van der Waals surface area contributed by atoms with E-state index in [1.165, 1.54) is 10.4 Å². The van der Waals surface area contributed by atoms with Gasteiger partial charge < -0.3 is 10.1 Å². The molecule has 106 valence electrons. The third kappa shape index (κ3) is 2.46. The van der Waals surface area contributed by atoms with Crippen LogP contribution >= 0.6 is 22.9 Å². The van der Waals surface area contributed by atoms with Crippen LogP contribution < -0.4 is 10.1 Å². The lowest BCUT2D eigenvalue weighted by atomic mass is 9.86. The molecule has 0 saturated heterocycles. The molecule has 0 aliphatic carbocycles. The fourth-order valence-corrected chi connectivity index (χ4v) is 4.29. The molecule has 2 nitrogen and oxygen atoms in total. The van der Waals surface area contributed by atoms with E-state index in [1.807, 2.05) is 13.1 Å². The number of benzene rings is 1. The summed E-state index contributed by atoms with van der Waals surface area (Å²) in [6.45, 7) is 2.84. The number of ether oxygens (including phenoxy) is 1. The van der Waals surface area contributed by atoms with Gasteiger partial charge >= 0.3 is 0 Å². The van der Waals surface area contributed by atoms with Gasteiger partial charge in [0.25, 0.3) is 0 Å². The molecule has 20 heavy (non-hydrogen) atoms. The Morgan fingerprint density at radius 1 is 1.40 bits per heavy atom. The second kappa shape index (κ2) is 5.76. The maximum absolute atomic E-state index is 6.24. The molecule has 2 unspecified atom stereocenters. The zero-order valence-corrected chi connectivity index (χ0v) is 13.2. The van der Waals surface area contributed by atoms with E-state index in [4.69, 9.17) is 16.3 Å². The Morgan fingerprint density at radius 3 is 2.90 bits per heavy atom. The van der Waals surface area contributed by atoms with E-state index < -0.39 is 0 Å². The van der Waals surface area contributed by atoms with E-state index >= 15 is 0 Å². The summed E-state index contributed by atoms with van der Waals surface area (Å²) >= 11 is 7.91. The van der Waals surface area contributed by atoms with Crippen molar-refractivity contribution in [3.05, 3.63) is 50.7 Å². The summed E-state index contributed by atoms with van der Waals surface area (Å²) in [5, 5.41) is 3.47. The predicted molar refractivity (Wildman–Crippen MR) is 85.2 cm³/mol. The second-order valence-electron chi connectivity index (χ2n) is 5.15. The van der Waals surface area contributed by atoms with Gasteiger partial charge in [-0.05, 0) is 43.7 Å². The number of fused-ring (bicyclic) bond motifs is 1. The summed E-state index contributed by atoms with van der Waals surface area (Å²) in [7, 11) is 2.02. The molecule has 0 bridgehead atoms. The molecule has 0 amide bonds. The van der Waals surface area contributed by atoms with Crippen molar-refractivity contribution in [1.29, 1.82) is 0 Å². The number of hydrogen-bond acceptors (Lipinski definition) is 3. The highest BCUT2D eigenvalue weighted by atomic mass is 35.5. The first-order chi connectivity index (χ1) is 9.70. The van der Waals surface area contributed by atoms with Gasteiger partial charge in [0.15, 0.2) is 0 Å². The fourth-order valence-electron chi connectivity index (χ4n) is 2.89. The van der Waals surface area contributed by atoms with Crippen LogP contribution in [0.2, 0.25) is 4.34 Å². The minimum Gasteiger partial charge on any atom is -0.493 e. The Balaban J connectivity index is 1.98. The summed E-state index contributed by atoms with van der Waals surface area (Å²) in [5.74, 6) is 1.45. The Hall–Kier alpha value is -1.03. The highest BCUT2D eigenvalue weighted by Gasteiger charge is 2.30. The van der Waals surface area contributed by atoms with Gasteiger partial charge in [0, 0.05) is 16.8 Å². The second-order valence-corrected chi connectivity index (χ2v) is 6.84. The first-order valence-electron chi connectivity index (χ1n) is 6.85. The molecule has 1 aromatic heterocycles. The van der Waals surface area contributed by atoms with Crippen molar-refractivity contribution in [2.45, 2.75) is 25.3 Å². The van der Waals surface area contributed by atoms with E-state index in [1.54, 1.807) is 11.3 Å². The summed E-state index contributed by atoms with van der Waals surface area (Å²) in [6.07, 6.45) is 1.02. The highest BCUT2D eigenvalue weighted by molar-refractivity contribution is 7.16. The number of thiophene rings is 1. The maximum atomic E-state index is 6.24. The lowest BCUT2D eigenvalue weighted by Crippen LogP contribution is -2.27. The van der Waals surface area contributed by atoms with Gasteiger partial charge in [-0.15, -0.1) is 11.3 Å². The standard InChI is InChI=1S/C16H18ClNOS/c1-10-9-14(20-16(10)17)15(18-2)12-7-8-19-13-6-4-3-5-11(12)13/h3-6,9,12,15,18H,7-8H2,1-2H3. The third-order valence-electron chi connectivity index (χ3n) is 3.90. The van der Waals surface area contributed by atoms with Crippen LogP contribution in [0.15, 0.2) is 30.3 Å². The lowest BCUT2D eigenvalue weighted by molar-refractivity contribution is 0.249. The molecule has 1 aliphatic rings. The normalized spacial score (nSPS) is 19.2. The predicted octanol–water partition coefficient (Wildman–Crippen LogP) is 4.54. The van der Waals surface area contributed by atoms with Crippen LogP contribution in [-0.4, -0.2) is 13.7 Å². The topological polar surface area (TPSA) is 21.3 Å². The lowest BCUT2D eigenvalue weighted by Gasteiger charge is -2.31. The summed E-state index contributed by atoms with van der Waals surface area (Å²) < 4.78 is 6.65. The Labute approximate surface area is 128 Å². The van der Waals surface area contributed by atoms with Crippen molar-refractivity contribution in [1.82, 2.24) is 5.32 Å².